The van der Waals surface area contributed by atoms with E-state index < -0.39 is 11.6 Å². The monoisotopic (exact) mass is 371 g/mol. The van der Waals surface area contributed by atoms with Gasteiger partial charge in [-0.3, -0.25) is 14.5 Å². The van der Waals surface area contributed by atoms with Crippen LogP contribution in [0.2, 0.25) is 0 Å². The number of hydrogen-bond donors (Lipinski definition) is 0. The van der Waals surface area contributed by atoms with Gasteiger partial charge in [-0.15, -0.1) is 0 Å². The smallest absolute Gasteiger partial charge is 0.237 e. The molecule has 1 aliphatic heterocycles. The highest BCUT2D eigenvalue weighted by Gasteiger charge is 2.32. The van der Waals surface area contributed by atoms with Gasteiger partial charge in [0.05, 0.1) is 25.4 Å². The number of Topliss-reactive ketones (excluding diaryl/α,β-unsaturated/α-hetero) is 2. The molecule has 0 aromatic heterocycles. The van der Waals surface area contributed by atoms with Gasteiger partial charge in [-0.2, -0.15) is 0 Å². The molecule has 0 N–H and O–H groups in total. The zero-order chi connectivity index (χ0) is 19.4. The van der Waals surface area contributed by atoms with Crippen LogP contribution in [-0.2, 0) is 9.53 Å². The summed E-state index contributed by atoms with van der Waals surface area (Å²) < 4.78 is 11.4. The number of fused-ring (bicyclic) bond motifs is 1. The molecule has 0 bridgehead atoms. The van der Waals surface area contributed by atoms with E-state index in [1.807, 2.05) is 39.0 Å². The van der Waals surface area contributed by atoms with Crippen LogP contribution in [0.1, 0.15) is 48.2 Å². The van der Waals surface area contributed by atoms with Crippen LogP contribution in [0.15, 0.2) is 17.7 Å². The number of morpholine rings is 1. The minimum absolute atomic E-state index is 0.0282. The molecule has 2 aliphatic rings. The number of ketones is 2. The lowest BCUT2D eigenvalue weighted by Gasteiger charge is -2.26. The topological polar surface area (TPSA) is 55.8 Å². The number of aryl methyl sites for hydroxylation is 1. The van der Waals surface area contributed by atoms with Crippen molar-refractivity contribution >= 4 is 17.6 Å². The Morgan fingerprint density at radius 2 is 1.85 bits per heavy atom. The number of carbonyl (C=O) groups is 2. The first kappa shape index (κ1) is 19.8. The van der Waals surface area contributed by atoms with Crippen molar-refractivity contribution in [1.29, 1.82) is 0 Å². The van der Waals surface area contributed by atoms with Gasteiger partial charge in [0.1, 0.15) is 5.75 Å². The zero-order valence-electron chi connectivity index (χ0n) is 16.5. The Morgan fingerprint density at radius 3 is 2.56 bits per heavy atom. The largest absolute Gasteiger partial charge is 0.493 e. The molecule has 146 valence electrons. The van der Waals surface area contributed by atoms with Gasteiger partial charge in [0.15, 0.2) is 0 Å². The van der Waals surface area contributed by atoms with Crippen LogP contribution in [0.5, 0.6) is 5.75 Å². The van der Waals surface area contributed by atoms with Crippen molar-refractivity contribution in [2.24, 2.45) is 5.92 Å². The molecule has 0 unspecified atom stereocenters. The lowest BCUT2D eigenvalue weighted by Crippen LogP contribution is -2.36. The maximum Gasteiger partial charge on any atom is 0.237 e. The minimum Gasteiger partial charge on any atom is -0.493 e. The van der Waals surface area contributed by atoms with E-state index in [4.69, 9.17) is 9.47 Å². The molecule has 0 saturated carbocycles. The second-order valence-corrected chi connectivity index (χ2v) is 7.60. The predicted molar refractivity (Wildman–Crippen MR) is 105 cm³/mol. The summed E-state index contributed by atoms with van der Waals surface area (Å²) in [6, 6.07) is 3.86. The molecule has 5 heteroatoms. The van der Waals surface area contributed by atoms with Crippen LogP contribution >= 0.6 is 0 Å². The van der Waals surface area contributed by atoms with Gasteiger partial charge in [0.2, 0.25) is 11.6 Å². The summed E-state index contributed by atoms with van der Waals surface area (Å²) in [4.78, 5) is 27.6. The average molecular weight is 371 g/mol. The third-order valence-corrected chi connectivity index (χ3v) is 5.23. The molecular formula is C22H29NO4. The van der Waals surface area contributed by atoms with E-state index in [2.05, 4.69) is 4.90 Å². The van der Waals surface area contributed by atoms with Crippen LogP contribution < -0.4 is 4.74 Å². The number of nitrogens with zero attached hydrogens (tertiary/aromatic N) is 1. The molecule has 1 heterocycles. The van der Waals surface area contributed by atoms with Crippen LogP contribution in [0.4, 0.5) is 0 Å². The fourth-order valence-electron chi connectivity index (χ4n) is 3.59. The molecule has 0 atom stereocenters. The number of benzene rings is 1. The molecule has 27 heavy (non-hydrogen) atoms. The Kier molecular flexibility index (Phi) is 6.45. The fraction of sp³-hybridized carbons (Fsp3) is 0.545. The number of rotatable bonds is 7. The van der Waals surface area contributed by atoms with Gasteiger partial charge in [-0.1, -0.05) is 26.0 Å². The Bertz CT molecular complexity index is 745. The maximum atomic E-state index is 12.7. The van der Waals surface area contributed by atoms with E-state index >= 15 is 0 Å². The van der Waals surface area contributed by atoms with Crippen LogP contribution in [-0.4, -0.2) is 55.9 Å². The van der Waals surface area contributed by atoms with Crippen LogP contribution in [0.3, 0.4) is 0 Å². The molecule has 0 radical (unpaired) electrons. The van der Waals surface area contributed by atoms with Gasteiger partial charge in [0, 0.05) is 18.7 Å². The summed E-state index contributed by atoms with van der Waals surface area (Å²) in [6.45, 7) is 11.0. The first-order chi connectivity index (χ1) is 13.0. The molecule has 3 rings (SSSR count). The van der Waals surface area contributed by atoms with E-state index in [1.54, 1.807) is 0 Å². The van der Waals surface area contributed by atoms with Gasteiger partial charge in [-0.05, 0) is 49.4 Å². The van der Waals surface area contributed by atoms with Crippen molar-refractivity contribution in [3.63, 3.8) is 0 Å². The zero-order valence-corrected chi connectivity index (χ0v) is 16.5. The van der Waals surface area contributed by atoms with E-state index in [-0.39, 0.29) is 5.92 Å². The first-order valence-electron chi connectivity index (χ1n) is 9.86. The Labute approximate surface area is 161 Å². The van der Waals surface area contributed by atoms with Gasteiger partial charge in [-0.25, -0.2) is 0 Å². The third-order valence-electron chi connectivity index (χ3n) is 5.23. The summed E-state index contributed by atoms with van der Waals surface area (Å²) in [7, 11) is 0. The van der Waals surface area contributed by atoms with Crippen molar-refractivity contribution in [3.8, 4) is 5.75 Å². The molecule has 1 aliphatic carbocycles. The number of hydrogen-bond acceptors (Lipinski definition) is 5. The van der Waals surface area contributed by atoms with Crippen molar-refractivity contribution in [2.45, 2.75) is 33.6 Å². The number of allylic oxidation sites excluding steroid dienone is 1. The van der Waals surface area contributed by atoms with Crippen molar-refractivity contribution < 1.29 is 19.1 Å². The minimum atomic E-state index is -0.441. The highest BCUT2D eigenvalue weighted by Crippen LogP contribution is 2.34. The Morgan fingerprint density at radius 1 is 1.11 bits per heavy atom. The second kappa shape index (κ2) is 8.81. The van der Waals surface area contributed by atoms with Crippen LogP contribution in [0, 0.1) is 12.8 Å². The quantitative estimate of drug-likeness (QED) is 0.544. The van der Waals surface area contributed by atoms with E-state index in [1.165, 1.54) is 0 Å². The molecule has 0 spiro atoms. The first-order valence-corrected chi connectivity index (χ1v) is 9.86. The second-order valence-electron chi connectivity index (χ2n) is 7.60. The summed E-state index contributed by atoms with van der Waals surface area (Å²) in [5, 5.41) is 0. The van der Waals surface area contributed by atoms with Crippen molar-refractivity contribution in [2.75, 3.05) is 39.5 Å². The standard InChI is InChI=1S/C22H29NO4/c1-15(2)18-14-17-7-6-16(3)22(19(17)21(25)20(18)24)27-11-5-4-8-23-9-12-26-13-10-23/h6-7,14-15H,4-5,8-13H2,1-3H3. The Balaban J connectivity index is 1.65. The van der Waals surface area contributed by atoms with Crippen LogP contribution in [0.25, 0.3) is 6.08 Å². The molecule has 1 aromatic carbocycles. The maximum absolute atomic E-state index is 12.7. The normalized spacial score (nSPS) is 17.9. The lowest BCUT2D eigenvalue weighted by molar-refractivity contribution is -0.112. The van der Waals surface area contributed by atoms with Crippen molar-refractivity contribution in [1.82, 2.24) is 4.90 Å². The summed E-state index contributed by atoms with van der Waals surface area (Å²) >= 11 is 0. The molecule has 1 aromatic rings. The molecular weight excluding hydrogens is 342 g/mol. The number of carbonyl (C=O) groups excluding carboxylic acids is 2. The molecule has 0 amide bonds. The van der Waals surface area contributed by atoms with Gasteiger partial charge < -0.3 is 9.47 Å². The fourth-order valence-corrected chi connectivity index (χ4v) is 3.59. The summed E-state index contributed by atoms with van der Waals surface area (Å²) in [5.74, 6) is -0.250. The number of ether oxygens (including phenoxy) is 2. The molecule has 1 saturated heterocycles. The highest BCUT2D eigenvalue weighted by atomic mass is 16.5. The lowest BCUT2D eigenvalue weighted by atomic mass is 9.84. The molecule has 5 nitrogen and oxygen atoms in total. The van der Waals surface area contributed by atoms with Gasteiger partial charge in [0.25, 0.3) is 0 Å². The van der Waals surface area contributed by atoms with Gasteiger partial charge >= 0.3 is 0 Å². The Hall–Kier alpha value is -1.98. The van der Waals surface area contributed by atoms with Crippen molar-refractivity contribution in [3.05, 3.63) is 34.4 Å². The van der Waals surface area contributed by atoms with E-state index in [0.717, 1.165) is 56.8 Å². The number of unbranched alkanes of at least 4 members (excludes halogenated alkanes) is 1. The van der Waals surface area contributed by atoms with E-state index in [9.17, 15) is 9.59 Å². The third kappa shape index (κ3) is 4.47. The average Bonchev–Trinajstić information content (AvgIpc) is 2.66. The predicted octanol–water partition coefficient (Wildman–Crippen LogP) is 3.29. The molecule has 1 fully saturated rings. The summed E-state index contributed by atoms with van der Waals surface area (Å²) in [5.41, 5.74) is 2.69. The SMILES string of the molecule is Cc1ccc2c(c1OCCCCN1CCOCC1)C(=O)C(=O)C(C(C)C)=C2. The highest BCUT2D eigenvalue weighted by molar-refractivity contribution is 6.52. The summed E-state index contributed by atoms with van der Waals surface area (Å²) in [6.07, 6.45) is 3.79. The van der Waals surface area contributed by atoms with E-state index in [0.29, 0.717) is 23.5 Å².